The molecule has 0 aliphatic carbocycles. The van der Waals surface area contributed by atoms with E-state index in [1.165, 1.54) is 12.3 Å². The van der Waals surface area contributed by atoms with Crippen LogP contribution in [0, 0.1) is 5.82 Å². The Bertz CT molecular complexity index is 416. The first kappa shape index (κ1) is 12.4. The van der Waals surface area contributed by atoms with Crippen molar-refractivity contribution >= 4 is 21.8 Å². The lowest BCUT2D eigenvalue weighted by atomic mass is 10.1. The maximum atomic E-state index is 13.5. The molecule has 1 unspecified atom stereocenters. The number of carbonyl (C=O) groups excluding carboxylic acids is 1. The number of hydrogen-bond donors (Lipinski definition) is 0. The van der Waals surface area contributed by atoms with E-state index >= 15 is 0 Å². The zero-order valence-electron chi connectivity index (χ0n) is 9.10. The van der Waals surface area contributed by atoms with Gasteiger partial charge in [0, 0.05) is 18.1 Å². The van der Waals surface area contributed by atoms with Gasteiger partial charge in [0.05, 0.1) is 31.0 Å². The predicted molar refractivity (Wildman–Crippen MR) is 63.6 cm³/mol. The lowest BCUT2D eigenvalue weighted by molar-refractivity contribution is 0.00499. The molecule has 0 saturated carbocycles. The summed E-state index contributed by atoms with van der Waals surface area (Å²) in [5, 5.41) is 0.617. The number of hydrogen-bond acceptors (Lipinski definition) is 3. The van der Waals surface area contributed by atoms with Crippen molar-refractivity contribution in [1.82, 2.24) is 9.88 Å². The summed E-state index contributed by atoms with van der Waals surface area (Å²) >= 11 is 3.33. The number of ether oxygens (including phenoxy) is 1. The van der Waals surface area contributed by atoms with Crippen molar-refractivity contribution in [3.05, 3.63) is 29.8 Å². The molecule has 0 radical (unpaired) electrons. The minimum absolute atomic E-state index is 0.0520. The summed E-state index contributed by atoms with van der Waals surface area (Å²) in [5.74, 6) is -0.894. The van der Waals surface area contributed by atoms with Crippen molar-refractivity contribution in [3.63, 3.8) is 0 Å². The van der Waals surface area contributed by atoms with Crippen LogP contribution in [0.1, 0.15) is 10.4 Å². The van der Waals surface area contributed by atoms with Crippen molar-refractivity contribution in [2.45, 2.75) is 6.04 Å². The molecule has 2 heterocycles. The third-order valence-electron chi connectivity index (χ3n) is 2.67. The molecule has 1 atom stereocenters. The van der Waals surface area contributed by atoms with Crippen LogP contribution in [0.15, 0.2) is 18.5 Å². The van der Waals surface area contributed by atoms with Gasteiger partial charge in [-0.3, -0.25) is 9.78 Å². The largest absolute Gasteiger partial charge is 0.377 e. The van der Waals surface area contributed by atoms with Gasteiger partial charge in [0.1, 0.15) is 0 Å². The molecule has 1 saturated heterocycles. The molecule has 6 heteroatoms. The van der Waals surface area contributed by atoms with E-state index in [9.17, 15) is 9.18 Å². The summed E-state index contributed by atoms with van der Waals surface area (Å²) in [6.45, 7) is 1.45. The van der Waals surface area contributed by atoms with E-state index in [1.807, 2.05) is 0 Å². The van der Waals surface area contributed by atoms with Gasteiger partial charge in [0.15, 0.2) is 5.82 Å². The number of pyridine rings is 1. The van der Waals surface area contributed by atoms with Crippen LogP contribution < -0.4 is 0 Å². The third kappa shape index (κ3) is 2.63. The molecule has 4 nitrogen and oxygen atoms in total. The molecular formula is C11H12BrFN2O2. The minimum Gasteiger partial charge on any atom is -0.377 e. The van der Waals surface area contributed by atoms with E-state index in [1.54, 1.807) is 4.90 Å². The first-order chi connectivity index (χ1) is 8.24. The number of carbonyl (C=O) groups is 1. The van der Waals surface area contributed by atoms with Gasteiger partial charge in [-0.2, -0.15) is 0 Å². The standard InChI is InChI=1S/C11H12BrFN2O2/c12-5-8-7-17-4-3-15(8)11(16)9-1-2-14-6-10(9)13/h1-2,6,8H,3-5,7H2. The Morgan fingerprint density at radius 2 is 2.53 bits per heavy atom. The molecule has 0 aromatic carbocycles. The van der Waals surface area contributed by atoms with Gasteiger partial charge in [-0.25, -0.2) is 4.39 Å². The van der Waals surface area contributed by atoms with Crippen molar-refractivity contribution in [2.75, 3.05) is 25.1 Å². The monoisotopic (exact) mass is 302 g/mol. The number of nitrogens with zero attached hydrogens (tertiary/aromatic N) is 2. The van der Waals surface area contributed by atoms with Gasteiger partial charge in [0.2, 0.25) is 0 Å². The SMILES string of the molecule is O=C(c1ccncc1F)N1CCOCC1CBr. The summed E-state index contributed by atoms with van der Waals surface area (Å²) in [7, 11) is 0. The molecule has 17 heavy (non-hydrogen) atoms. The van der Waals surface area contributed by atoms with Gasteiger partial charge in [-0.1, -0.05) is 15.9 Å². The zero-order valence-corrected chi connectivity index (χ0v) is 10.7. The van der Waals surface area contributed by atoms with Crippen molar-refractivity contribution in [3.8, 4) is 0 Å². The molecule has 1 aliphatic heterocycles. The van der Waals surface area contributed by atoms with Crippen LogP contribution in [0.2, 0.25) is 0 Å². The average molecular weight is 303 g/mol. The van der Waals surface area contributed by atoms with Crippen LogP contribution in [-0.4, -0.2) is 46.9 Å². The fourth-order valence-electron chi connectivity index (χ4n) is 1.75. The highest BCUT2D eigenvalue weighted by Crippen LogP contribution is 2.15. The first-order valence-corrected chi connectivity index (χ1v) is 6.40. The molecule has 0 N–H and O–H groups in total. The van der Waals surface area contributed by atoms with E-state index in [4.69, 9.17) is 4.74 Å². The minimum atomic E-state index is -0.586. The average Bonchev–Trinajstić information content (AvgIpc) is 2.38. The van der Waals surface area contributed by atoms with Crippen molar-refractivity contribution < 1.29 is 13.9 Å². The molecule has 0 bridgehead atoms. The Hall–Kier alpha value is -1.01. The van der Waals surface area contributed by atoms with Crippen molar-refractivity contribution in [1.29, 1.82) is 0 Å². The Kier molecular flexibility index (Phi) is 4.06. The molecule has 92 valence electrons. The zero-order chi connectivity index (χ0) is 12.3. The van der Waals surface area contributed by atoms with Gasteiger partial charge >= 0.3 is 0 Å². The highest BCUT2D eigenvalue weighted by atomic mass is 79.9. The van der Waals surface area contributed by atoms with Gasteiger partial charge < -0.3 is 9.64 Å². The van der Waals surface area contributed by atoms with Crippen LogP contribution in [0.3, 0.4) is 0 Å². The van der Waals surface area contributed by atoms with Crippen LogP contribution in [-0.2, 0) is 4.74 Å². The summed E-state index contributed by atoms with van der Waals surface area (Å²) in [6.07, 6.45) is 2.47. The summed E-state index contributed by atoms with van der Waals surface area (Å²) < 4.78 is 18.8. The molecule has 1 amide bonds. The molecule has 1 fully saturated rings. The number of rotatable bonds is 2. The number of amides is 1. The first-order valence-electron chi connectivity index (χ1n) is 5.28. The topological polar surface area (TPSA) is 42.4 Å². The molecule has 1 aliphatic rings. The van der Waals surface area contributed by atoms with E-state index in [2.05, 4.69) is 20.9 Å². The van der Waals surface area contributed by atoms with E-state index in [0.29, 0.717) is 25.1 Å². The van der Waals surface area contributed by atoms with Gasteiger partial charge in [-0.05, 0) is 6.07 Å². The maximum Gasteiger partial charge on any atom is 0.257 e. The Morgan fingerprint density at radius 3 is 3.24 bits per heavy atom. The highest BCUT2D eigenvalue weighted by Gasteiger charge is 2.28. The fraction of sp³-hybridized carbons (Fsp3) is 0.455. The highest BCUT2D eigenvalue weighted by molar-refractivity contribution is 9.09. The van der Waals surface area contributed by atoms with Crippen LogP contribution in [0.4, 0.5) is 4.39 Å². The van der Waals surface area contributed by atoms with Gasteiger partial charge in [0.25, 0.3) is 5.91 Å². The van der Waals surface area contributed by atoms with Crippen LogP contribution in [0.25, 0.3) is 0 Å². The predicted octanol–water partition coefficient (Wildman–Crippen LogP) is 1.46. The molecular weight excluding hydrogens is 291 g/mol. The van der Waals surface area contributed by atoms with Gasteiger partial charge in [-0.15, -0.1) is 0 Å². The number of halogens is 2. The second kappa shape index (κ2) is 5.55. The number of aromatic nitrogens is 1. The number of alkyl halides is 1. The summed E-state index contributed by atoms with van der Waals surface area (Å²) in [6, 6.07) is 1.35. The molecule has 2 rings (SSSR count). The van der Waals surface area contributed by atoms with Crippen LogP contribution in [0.5, 0.6) is 0 Å². The van der Waals surface area contributed by atoms with E-state index in [0.717, 1.165) is 6.20 Å². The Morgan fingerprint density at radius 1 is 1.71 bits per heavy atom. The molecule has 1 aromatic heterocycles. The van der Waals surface area contributed by atoms with Crippen LogP contribution >= 0.6 is 15.9 Å². The quantitative estimate of drug-likeness (QED) is 0.777. The second-order valence-corrected chi connectivity index (χ2v) is 4.38. The molecule has 1 aromatic rings. The summed E-state index contributed by atoms with van der Waals surface area (Å²) in [5.41, 5.74) is 0.0628. The summed E-state index contributed by atoms with van der Waals surface area (Å²) in [4.78, 5) is 17.4. The van der Waals surface area contributed by atoms with E-state index in [-0.39, 0.29) is 17.5 Å². The molecule has 0 spiro atoms. The Balaban J connectivity index is 2.21. The number of morpholine rings is 1. The second-order valence-electron chi connectivity index (χ2n) is 3.74. The smallest absolute Gasteiger partial charge is 0.257 e. The maximum absolute atomic E-state index is 13.5. The Labute approximate surface area is 107 Å². The normalized spacial score (nSPS) is 20.4. The van der Waals surface area contributed by atoms with Crippen molar-refractivity contribution in [2.24, 2.45) is 0 Å². The lowest BCUT2D eigenvalue weighted by Crippen LogP contribution is -2.49. The van der Waals surface area contributed by atoms with E-state index < -0.39 is 5.82 Å². The lowest BCUT2D eigenvalue weighted by Gasteiger charge is -2.34. The fourth-order valence-corrected chi connectivity index (χ4v) is 2.29. The third-order valence-corrected chi connectivity index (χ3v) is 3.42.